The van der Waals surface area contributed by atoms with E-state index in [2.05, 4.69) is 130 Å². The lowest BCUT2D eigenvalue weighted by Gasteiger charge is -2.29. The highest BCUT2D eigenvalue weighted by Gasteiger charge is 2.35. The minimum Gasteiger partial charge on any atom is -0.478 e. The zero-order valence-electron chi connectivity index (χ0n) is 24.8. The van der Waals surface area contributed by atoms with Crippen molar-refractivity contribution in [2.45, 2.75) is 33.1 Å². The lowest BCUT2D eigenvalue weighted by molar-refractivity contribution is 0.0697. The van der Waals surface area contributed by atoms with E-state index in [1.807, 2.05) is 12.1 Å². The van der Waals surface area contributed by atoms with Crippen molar-refractivity contribution < 1.29 is 9.90 Å². The molecule has 210 valence electrons. The van der Waals surface area contributed by atoms with Crippen molar-refractivity contribution in [2.24, 2.45) is 0 Å². The molecular weight excluding hydrogens is 526 g/mol. The Bertz CT molecular complexity index is 2030. The molecule has 0 aliphatic heterocycles. The molecule has 0 heterocycles. The summed E-state index contributed by atoms with van der Waals surface area (Å²) in [7, 11) is 0. The third-order valence-corrected chi connectivity index (χ3v) is 9.09. The van der Waals surface area contributed by atoms with Crippen LogP contribution in [0.15, 0.2) is 121 Å². The smallest absolute Gasteiger partial charge is 0.335 e. The molecule has 1 aliphatic rings. The number of carboxylic acids is 1. The van der Waals surface area contributed by atoms with Crippen molar-refractivity contribution >= 4 is 33.8 Å². The summed E-state index contributed by atoms with van der Waals surface area (Å²) in [6.45, 7) is 9.01. The molecule has 3 heteroatoms. The minimum absolute atomic E-state index is 0.106. The number of nitrogens with zero attached hydrogens (tertiary/aromatic N) is 1. The number of fused-ring (bicyclic) bond motifs is 4. The summed E-state index contributed by atoms with van der Waals surface area (Å²) in [6.07, 6.45) is 0. The molecule has 0 saturated carbocycles. The highest BCUT2D eigenvalue weighted by Crippen LogP contribution is 2.51. The van der Waals surface area contributed by atoms with Crippen molar-refractivity contribution in [2.75, 3.05) is 4.90 Å². The first-order chi connectivity index (χ1) is 20.7. The van der Waals surface area contributed by atoms with Gasteiger partial charge in [-0.15, -0.1) is 0 Å². The molecule has 6 aromatic carbocycles. The summed E-state index contributed by atoms with van der Waals surface area (Å²) < 4.78 is 0. The fraction of sp³-hybridized carbons (Fsp3) is 0.125. The second-order valence-corrected chi connectivity index (χ2v) is 12.1. The first-order valence-corrected chi connectivity index (χ1v) is 14.7. The number of aromatic carboxylic acids is 1. The maximum Gasteiger partial charge on any atom is 0.335 e. The zero-order chi connectivity index (χ0) is 29.9. The predicted molar refractivity (Wildman–Crippen MR) is 178 cm³/mol. The molecule has 0 bridgehead atoms. The number of hydrogen-bond donors (Lipinski definition) is 1. The molecule has 0 atom stereocenters. The van der Waals surface area contributed by atoms with Gasteiger partial charge >= 0.3 is 5.97 Å². The highest BCUT2D eigenvalue weighted by atomic mass is 16.4. The Morgan fingerprint density at radius 1 is 0.628 bits per heavy atom. The number of rotatable bonds is 5. The quantitative estimate of drug-likeness (QED) is 0.228. The van der Waals surface area contributed by atoms with Gasteiger partial charge in [0.2, 0.25) is 0 Å². The lowest BCUT2D eigenvalue weighted by atomic mass is 9.82. The third-order valence-electron chi connectivity index (χ3n) is 9.09. The molecule has 7 rings (SSSR count). The Morgan fingerprint density at radius 2 is 1.26 bits per heavy atom. The van der Waals surface area contributed by atoms with E-state index in [4.69, 9.17) is 0 Å². The number of benzene rings is 6. The van der Waals surface area contributed by atoms with E-state index in [-0.39, 0.29) is 11.0 Å². The zero-order valence-corrected chi connectivity index (χ0v) is 24.8. The molecule has 0 fully saturated rings. The normalized spacial score (nSPS) is 13.0. The SMILES string of the molecule is Cc1cccc2c(N(c3ccc(-c4ccc(C(=O)O)cc4)cc3)c3ccc4c(c3)C(C)(C)c3ccccc3-4)ccc(C)c12. The van der Waals surface area contributed by atoms with Gasteiger partial charge in [0.1, 0.15) is 0 Å². The largest absolute Gasteiger partial charge is 0.478 e. The average Bonchev–Trinajstić information content (AvgIpc) is 3.25. The Morgan fingerprint density at radius 3 is 1.98 bits per heavy atom. The molecule has 0 saturated heterocycles. The molecule has 1 aliphatic carbocycles. The highest BCUT2D eigenvalue weighted by molar-refractivity contribution is 6.02. The van der Waals surface area contributed by atoms with Crippen LogP contribution in [0.3, 0.4) is 0 Å². The van der Waals surface area contributed by atoms with Crippen LogP contribution in [0.1, 0.15) is 46.5 Å². The van der Waals surface area contributed by atoms with Crippen LogP contribution in [0.5, 0.6) is 0 Å². The standard InChI is InChI=1S/C40H33NO2/c1-25-8-7-10-34-37(23-12-26(2)38(25)34)41(30-19-17-28(18-20-30)27-13-15-29(16-14-27)39(42)43)31-21-22-33-32-9-5-6-11-35(32)40(3,4)36(33)24-31/h5-24H,1-4H3,(H,42,43). The Balaban J connectivity index is 1.40. The van der Waals surface area contributed by atoms with Crippen molar-refractivity contribution in [3.8, 4) is 22.3 Å². The summed E-state index contributed by atoms with van der Waals surface area (Å²) in [6, 6.07) is 42.3. The maximum atomic E-state index is 11.3. The number of carboxylic acid groups (broad SMARTS) is 1. The number of carbonyl (C=O) groups is 1. The summed E-state index contributed by atoms with van der Waals surface area (Å²) in [5.74, 6) is -0.918. The van der Waals surface area contributed by atoms with Crippen LogP contribution in [-0.2, 0) is 5.41 Å². The summed E-state index contributed by atoms with van der Waals surface area (Å²) in [5, 5.41) is 11.8. The maximum absolute atomic E-state index is 11.3. The van der Waals surface area contributed by atoms with Gasteiger partial charge in [-0.1, -0.05) is 92.7 Å². The van der Waals surface area contributed by atoms with Crippen LogP contribution < -0.4 is 4.90 Å². The van der Waals surface area contributed by atoms with Crippen LogP contribution >= 0.6 is 0 Å². The summed E-state index contributed by atoms with van der Waals surface area (Å²) in [5.41, 5.74) is 13.4. The predicted octanol–water partition coefficient (Wildman–Crippen LogP) is 10.6. The summed E-state index contributed by atoms with van der Waals surface area (Å²) >= 11 is 0. The lowest BCUT2D eigenvalue weighted by Crippen LogP contribution is -2.16. The van der Waals surface area contributed by atoms with E-state index in [0.717, 1.165) is 28.2 Å². The van der Waals surface area contributed by atoms with E-state index >= 15 is 0 Å². The Hall–Kier alpha value is -5.15. The van der Waals surface area contributed by atoms with Gasteiger partial charge in [-0.3, -0.25) is 0 Å². The molecular formula is C40H33NO2. The molecule has 6 aromatic rings. The van der Waals surface area contributed by atoms with Crippen molar-refractivity contribution in [1.82, 2.24) is 0 Å². The Labute approximate surface area is 252 Å². The van der Waals surface area contributed by atoms with E-state index < -0.39 is 5.97 Å². The number of aryl methyl sites for hydroxylation is 2. The fourth-order valence-corrected chi connectivity index (χ4v) is 6.84. The van der Waals surface area contributed by atoms with Crippen LogP contribution in [0, 0.1) is 13.8 Å². The molecule has 0 unspecified atom stereocenters. The molecule has 0 spiro atoms. The second kappa shape index (κ2) is 9.99. The molecule has 0 amide bonds. The van der Waals surface area contributed by atoms with E-state index in [0.29, 0.717) is 0 Å². The van der Waals surface area contributed by atoms with Crippen molar-refractivity contribution in [3.05, 3.63) is 149 Å². The monoisotopic (exact) mass is 559 g/mol. The first kappa shape index (κ1) is 26.7. The summed E-state index contributed by atoms with van der Waals surface area (Å²) in [4.78, 5) is 13.7. The average molecular weight is 560 g/mol. The molecule has 43 heavy (non-hydrogen) atoms. The van der Waals surface area contributed by atoms with Crippen LogP contribution in [0.2, 0.25) is 0 Å². The van der Waals surface area contributed by atoms with E-state index in [1.54, 1.807) is 12.1 Å². The first-order valence-electron chi connectivity index (χ1n) is 14.7. The van der Waals surface area contributed by atoms with Crippen molar-refractivity contribution in [3.63, 3.8) is 0 Å². The van der Waals surface area contributed by atoms with Gasteiger partial charge in [0.15, 0.2) is 0 Å². The molecule has 0 aromatic heterocycles. The Kier molecular flexibility index (Phi) is 6.21. The van der Waals surface area contributed by atoms with Crippen LogP contribution in [0.4, 0.5) is 17.1 Å². The molecule has 3 nitrogen and oxygen atoms in total. The molecule has 0 radical (unpaired) electrons. The van der Waals surface area contributed by atoms with Gasteiger partial charge in [-0.05, 0) is 106 Å². The van der Waals surface area contributed by atoms with Crippen molar-refractivity contribution in [1.29, 1.82) is 0 Å². The minimum atomic E-state index is -0.918. The van der Waals surface area contributed by atoms with Crippen LogP contribution in [0.25, 0.3) is 33.0 Å². The second-order valence-electron chi connectivity index (χ2n) is 12.1. The van der Waals surface area contributed by atoms with Gasteiger partial charge in [0.25, 0.3) is 0 Å². The van der Waals surface area contributed by atoms with E-state index in [9.17, 15) is 9.90 Å². The van der Waals surface area contributed by atoms with Gasteiger partial charge in [-0.2, -0.15) is 0 Å². The number of hydrogen-bond acceptors (Lipinski definition) is 2. The topological polar surface area (TPSA) is 40.5 Å². The van der Waals surface area contributed by atoms with Gasteiger partial charge < -0.3 is 10.0 Å². The van der Waals surface area contributed by atoms with Crippen LogP contribution in [-0.4, -0.2) is 11.1 Å². The third kappa shape index (κ3) is 4.31. The fourth-order valence-electron chi connectivity index (χ4n) is 6.84. The number of anilines is 3. The van der Waals surface area contributed by atoms with E-state index in [1.165, 1.54) is 44.2 Å². The van der Waals surface area contributed by atoms with Gasteiger partial charge in [-0.25, -0.2) is 4.79 Å². The van der Waals surface area contributed by atoms with Gasteiger partial charge in [0.05, 0.1) is 11.3 Å². The van der Waals surface area contributed by atoms with Gasteiger partial charge in [0, 0.05) is 22.2 Å². The molecule has 1 N–H and O–H groups in total.